The van der Waals surface area contributed by atoms with E-state index in [1.54, 1.807) is 42.5 Å². The Morgan fingerprint density at radius 1 is 1.08 bits per heavy atom. The summed E-state index contributed by atoms with van der Waals surface area (Å²) in [5, 5.41) is 9.63. The summed E-state index contributed by atoms with van der Waals surface area (Å²) < 4.78 is 15.8. The molecule has 2 aromatic rings. The van der Waals surface area contributed by atoms with Crippen molar-refractivity contribution in [3.63, 3.8) is 0 Å². The number of rotatable bonds is 4. The highest BCUT2D eigenvalue weighted by atomic mass is 16.5. The Morgan fingerprint density at radius 3 is 2.46 bits per heavy atom. The molecule has 3 rings (SSSR count). The van der Waals surface area contributed by atoms with E-state index < -0.39 is 23.8 Å². The molecule has 24 heavy (non-hydrogen) atoms. The molecule has 1 N–H and O–H groups in total. The zero-order valence-corrected chi connectivity index (χ0v) is 13.2. The van der Waals surface area contributed by atoms with E-state index in [1.165, 1.54) is 14.2 Å². The van der Waals surface area contributed by atoms with Crippen molar-refractivity contribution < 1.29 is 28.9 Å². The number of carboxylic acids is 1. The lowest BCUT2D eigenvalue weighted by atomic mass is 9.78. The molecule has 0 aromatic heterocycles. The molecular weight excluding hydrogens is 312 g/mol. The number of esters is 1. The van der Waals surface area contributed by atoms with Crippen LogP contribution in [0.2, 0.25) is 0 Å². The summed E-state index contributed by atoms with van der Waals surface area (Å²) in [5.41, 5.74) is 1.20. The monoisotopic (exact) mass is 328 g/mol. The van der Waals surface area contributed by atoms with Crippen LogP contribution in [0, 0.1) is 5.92 Å². The van der Waals surface area contributed by atoms with Gasteiger partial charge in [-0.05, 0) is 24.3 Å². The fourth-order valence-electron chi connectivity index (χ4n) is 2.97. The summed E-state index contributed by atoms with van der Waals surface area (Å²) >= 11 is 0. The number of hydrogen-bond acceptors (Lipinski definition) is 5. The van der Waals surface area contributed by atoms with Gasteiger partial charge in [-0.1, -0.05) is 18.2 Å². The van der Waals surface area contributed by atoms with Gasteiger partial charge in [-0.25, -0.2) is 0 Å². The van der Waals surface area contributed by atoms with E-state index in [2.05, 4.69) is 0 Å². The third-order valence-corrected chi connectivity index (χ3v) is 4.08. The zero-order valence-electron chi connectivity index (χ0n) is 13.2. The number of benzene rings is 2. The highest BCUT2D eigenvalue weighted by molar-refractivity contribution is 5.96. The zero-order chi connectivity index (χ0) is 17.3. The minimum atomic E-state index is -1.38. The predicted molar refractivity (Wildman–Crippen MR) is 84.5 cm³/mol. The fourth-order valence-corrected chi connectivity index (χ4v) is 2.97. The van der Waals surface area contributed by atoms with Crippen molar-refractivity contribution in [3.05, 3.63) is 53.6 Å². The van der Waals surface area contributed by atoms with Crippen molar-refractivity contribution in [3.8, 4) is 17.2 Å². The molecule has 0 amide bonds. The van der Waals surface area contributed by atoms with Gasteiger partial charge in [0.15, 0.2) is 5.92 Å². The Morgan fingerprint density at radius 2 is 1.79 bits per heavy atom. The van der Waals surface area contributed by atoms with Gasteiger partial charge in [0.05, 0.1) is 14.2 Å². The lowest BCUT2D eigenvalue weighted by Gasteiger charge is -2.31. The van der Waals surface area contributed by atoms with Gasteiger partial charge in [0.25, 0.3) is 0 Å². The number of fused-ring (bicyclic) bond motifs is 2. The summed E-state index contributed by atoms with van der Waals surface area (Å²) in [6, 6.07) is 12.2. The molecule has 0 radical (unpaired) electrons. The van der Waals surface area contributed by atoms with Crippen LogP contribution in [0.15, 0.2) is 42.5 Å². The summed E-state index contributed by atoms with van der Waals surface area (Å²) in [6.45, 7) is 0. The Hall–Kier alpha value is -3.02. The molecule has 0 spiro atoms. The van der Waals surface area contributed by atoms with E-state index in [-0.39, 0.29) is 0 Å². The minimum absolute atomic E-state index is 0.495. The molecule has 124 valence electrons. The number of carbonyl (C=O) groups is 2. The molecule has 1 heterocycles. The van der Waals surface area contributed by atoms with Crippen molar-refractivity contribution in [1.29, 1.82) is 0 Å². The number of para-hydroxylation sites is 1. The molecule has 2 aromatic carbocycles. The first kappa shape index (κ1) is 15.9. The van der Waals surface area contributed by atoms with Crippen LogP contribution in [0.5, 0.6) is 17.2 Å². The molecule has 0 saturated carbocycles. The number of methoxy groups -OCH3 is 2. The van der Waals surface area contributed by atoms with Crippen molar-refractivity contribution in [1.82, 2.24) is 0 Å². The standard InChI is InChI=1S/C18H16O6/c1-22-10-7-8-14-12(9-10)15(16(17(19)20)18(21)23-2)11-5-3-4-6-13(11)24-14/h3-9,15-16H,1-2H3,(H,19,20). The maximum absolute atomic E-state index is 12.2. The van der Waals surface area contributed by atoms with Crippen molar-refractivity contribution in [2.75, 3.05) is 14.2 Å². The topological polar surface area (TPSA) is 82.1 Å². The second-order valence-electron chi connectivity index (χ2n) is 5.36. The van der Waals surface area contributed by atoms with Crippen LogP contribution >= 0.6 is 0 Å². The number of aliphatic carboxylic acids is 1. The second-order valence-corrected chi connectivity index (χ2v) is 5.36. The lowest BCUT2D eigenvalue weighted by molar-refractivity contribution is -0.157. The van der Waals surface area contributed by atoms with Gasteiger partial charge in [0, 0.05) is 17.0 Å². The molecule has 1 aliphatic heterocycles. The van der Waals surface area contributed by atoms with Crippen LogP contribution in [0.3, 0.4) is 0 Å². The molecule has 6 heteroatoms. The molecule has 0 bridgehead atoms. The van der Waals surface area contributed by atoms with E-state index in [0.29, 0.717) is 28.4 Å². The Labute approximate surface area is 138 Å². The molecule has 0 saturated heterocycles. The van der Waals surface area contributed by atoms with Gasteiger partial charge in [0.2, 0.25) is 0 Å². The molecule has 2 atom stereocenters. The Bertz CT molecular complexity index is 798. The van der Waals surface area contributed by atoms with Gasteiger partial charge in [-0.2, -0.15) is 0 Å². The van der Waals surface area contributed by atoms with Crippen LogP contribution in [0.25, 0.3) is 0 Å². The van der Waals surface area contributed by atoms with Crippen LogP contribution in [0.4, 0.5) is 0 Å². The van der Waals surface area contributed by atoms with Crippen molar-refractivity contribution in [2.45, 2.75) is 5.92 Å². The Balaban J connectivity index is 2.23. The van der Waals surface area contributed by atoms with Gasteiger partial charge in [-0.3, -0.25) is 9.59 Å². The molecular formula is C18H16O6. The maximum atomic E-state index is 12.2. The molecule has 2 unspecified atom stereocenters. The van der Waals surface area contributed by atoms with Gasteiger partial charge < -0.3 is 19.3 Å². The average molecular weight is 328 g/mol. The molecule has 1 aliphatic rings. The number of carbonyl (C=O) groups excluding carboxylic acids is 1. The summed E-state index contributed by atoms with van der Waals surface area (Å²) in [4.78, 5) is 24.0. The fraction of sp³-hybridized carbons (Fsp3) is 0.222. The van der Waals surface area contributed by atoms with Gasteiger partial charge >= 0.3 is 11.9 Å². The SMILES string of the molecule is COC(=O)C(C(=O)O)C1c2ccccc2Oc2ccc(OC)cc21. The van der Waals surface area contributed by atoms with Crippen molar-refractivity contribution >= 4 is 11.9 Å². The molecule has 0 fully saturated rings. The van der Waals surface area contributed by atoms with Gasteiger partial charge in [0.1, 0.15) is 17.2 Å². The third kappa shape index (κ3) is 2.56. The highest BCUT2D eigenvalue weighted by Gasteiger charge is 2.42. The predicted octanol–water partition coefficient (Wildman–Crippen LogP) is 2.81. The summed E-state index contributed by atoms with van der Waals surface area (Å²) in [7, 11) is 2.69. The number of ether oxygens (including phenoxy) is 3. The minimum Gasteiger partial charge on any atom is -0.497 e. The normalized spacial score (nSPS) is 16.2. The number of hydrogen-bond donors (Lipinski definition) is 1. The van der Waals surface area contributed by atoms with E-state index in [0.717, 1.165) is 0 Å². The average Bonchev–Trinajstić information content (AvgIpc) is 2.60. The largest absolute Gasteiger partial charge is 0.497 e. The first-order chi connectivity index (χ1) is 11.6. The molecule has 0 aliphatic carbocycles. The van der Waals surface area contributed by atoms with Gasteiger partial charge in [-0.15, -0.1) is 0 Å². The smallest absolute Gasteiger partial charge is 0.321 e. The summed E-state index contributed by atoms with van der Waals surface area (Å²) in [6.07, 6.45) is 0. The van der Waals surface area contributed by atoms with Crippen LogP contribution in [-0.4, -0.2) is 31.3 Å². The second kappa shape index (κ2) is 6.23. The van der Waals surface area contributed by atoms with Crippen molar-refractivity contribution in [2.24, 2.45) is 5.92 Å². The van der Waals surface area contributed by atoms with E-state index in [4.69, 9.17) is 14.2 Å². The summed E-state index contributed by atoms with van der Waals surface area (Å²) in [5.74, 6) is -2.60. The highest BCUT2D eigenvalue weighted by Crippen LogP contribution is 2.48. The quantitative estimate of drug-likeness (QED) is 0.686. The van der Waals surface area contributed by atoms with Crippen LogP contribution < -0.4 is 9.47 Å². The molecule has 6 nitrogen and oxygen atoms in total. The van der Waals surface area contributed by atoms with E-state index in [9.17, 15) is 14.7 Å². The third-order valence-electron chi connectivity index (χ3n) is 4.08. The number of carboxylic acid groups (broad SMARTS) is 1. The first-order valence-corrected chi connectivity index (χ1v) is 7.32. The van der Waals surface area contributed by atoms with E-state index >= 15 is 0 Å². The van der Waals surface area contributed by atoms with Crippen LogP contribution in [-0.2, 0) is 14.3 Å². The van der Waals surface area contributed by atoms with Crippen LogP contribution in [0.1, 0.15) is 17.0 Å². The van der Waals surface area contributed by atoms with E-state index in [1.807, 2.05) is 0 Å². The Kier molecular flexibility index (Phi) is 4.12. The maximum Gasteiger partial charge on any atom is 0.321 e. The first-order valence-electron chi connectivity index (χ1n) is 7.32. The lowest BCUT2D eigenvalue weighted by Crippen LogP contribution is -2.33.